The van der Waals surface area contributed by atoms with Crippen LogP contribution < -0.4 is 5.73 Å². The van der Waals surface area contributed by atoms with Crippen molar-refractivity contribution in [1.82, 2.24) is 15.0 Å². The van der Waals surface area contributed by atoms with Crippen LogP contribution in [0.25, 0.3) is 5.69 Å². The Labute approximate surface area is 92.9 Å². The summed E-state index contributed by atoms with van der Waals surface area (Å²) in [4.78, 5) is 0. The van der Waals surface area contributed by atoms with Crippen molar-refractivity contribution in [3.05, 3.63) is 42.0 Å². The molecule has 1 aromatic carbocycles. The monoisotopic (exact) mass is 220 g/mol. The molecule has 0 spiro atoms. The molecule has 1 unspecified atom stereocenters. The summed E-state index contributed by atoms with van der Waals surface area (Å²) in [6, 6.07) is 6.15. The molecular formula is C11H13FN4. The van der Waals surface area contributed by atoms with Gasteiger partial charge in [0, 0.05) is 12.5 Å². The Bertz CT molecular complexity index is 461. The van der Waals surface area contributed by atoms with Crippen molar-refractivity contribution in [3.63, 3.8) is 0 Å². The van der Waals surface area contributed by atoms with Gasteiger partial charge in [-0.1, -0.05) is 5.21 Å². The molecule has 0 amide bonds. The van der Waals surface area contributed by atoms with Crippen LogP contribution in [0, 0.1) is 5.82 Å². The second-order valence-corrected chi connectivity index (χ2v) is 3.79. The van der Waals surface area contributed by atoms with Crippen LogP contribution in [-0.4, -0.2) is 21.0 Å². The van der Waals surface area contributed by atoms with Crippen molar-refractivity contribution in [2.24, 2.45) is 5.73 Å². The van der Waals surface area contributed by atoms with E-state index in [1.165, 1.54) is 12.1 Å². The molecule has 4 nitrogen and oxygen atoms in total. The molecule has 1 heterocycles. The number of benzene rings is 1. The van der Waals surface area contributed by atoms with Crippen molar-refractivity contribution < 1.29 is 4.39 Å². The van der Waals surface area contributed by atoms with Gasteiger partial charge in [0.15, 0.2) is 0 Å². The molecule has 2 aromatic rings. The highest BCUT2D eigenvalue weighted by Gasteiger charge is 2.08. The van der Waals surface area contributed by atoms with Crippen molar-refractivity contribution in [2.45, 2.75) is 19.4 Å². The molecule has 84 valence electrons. The van der Waals surface area contributed by atoms with Gasteiger partial charge in [-0.3, -0.25) is 0 Å². The molecule has 2 rings (SSSR count). The summed E-state index contributed by atoms with van der Waals surface area (Å²) in [5, 5.41) is 7.80. The number of hydrogen-bond acceptors (Lipinski definition) is 3. The molecule has 16 heavy (non-hydrogen) atoms. The molecule has 1 atom stereocenters. The van der Waals surface area contributed by atoms with E-state index in [1.54, 1.807) is 23.0 Å². The first-order valence-electron chi connectivity index (χ1n) is 5.08. The fourth-order valence-corrected chi connectivity index (χ4v) is 1.53. The number of rotatable bonds is 3. The molecule has 0 bridgehead atoms. The third-order valence-corrected chi connectivity index (χ3v) is 2.22. The number of halogens is 1. The molecule has 0 saturated carbocycles. The molecule has 0 fully saturated rings. The summed E-state index contributed by atoms with van der Waals surface area (Å²) in [5.74, 6) is -0.266. The van der Waals surface area contributed by atoms with Crippen LogP contribution in [0.3, 0.4) is 0 Å². The molecule has 0 aliphatic heterocycles. The van der Waals surface area contributed by atoms with Gasteiger partial charge in [0.2, 0.25) is 0 Å². The van der Waals surface area contributed by atoms with Gasteiger partial charge in [0.25, 0.3) is 0 Å². The van der Waals surface area contributed by atoms with Gasteiger partial charge in [-0.15, -0.1) is 5.10 Å². The lowest BCUT2D eigenvalue weighted by molar-refractivity contribution is 0.625. The van der Waals surface area contributed by atoms with Crippen LogP contribution >= 0.6 is 0 Å². The fraction of sp³-hybridized carbons (Fsp3) is 0.273. The van der Waals surface area contributed by atoms with Crippen LogP contribution in [0.1, 0.15) is 12.6 Å². The van der Waals surface area contributed by atoms with Gasteiger partial charge in [-0.2, -0.15) is 0 Å². The molecule has 2 N–H and O–H groups in total. The molecule has 5 heteroatoms. The first-order valence-corrected chi connectivity index (χ1v) is 5.08. The van der Waals surface area contributed by atoms with E-state index in [1.807, 2.05) is 6.92 Å². The molecule has 0 aliphatic carbocycles. The number of aromatic nitrogens is 3. The maximum Gasteiger partial charge on any atom is 0.123 e. The van der Waals surface area contributed by atoms with E-state index in [-0.39, 0.29) is 11.9 Å². The highest BCUT2D eigenvalue weighted by Crippen LogP contribution is 2.11. The van der Waals surface area contributed by atoms with Gasteiger partial charge in [-0.05, 0) is 31.2 Å². The molecule has 0 aliphatic rings. The van der Waals surface area contributed by atoms with Gasteiger partial charge < -0.3 is 5.73 Å². The zero-order chi connectivity index (χ0) is 11.5. The van der Waals surface area contributed by atoms with Crippen LogP contribution in [0.5, 0.6) is 0 Å². The second kappa shape index (κ2) is 4.40. The van der Waals surface area contributed by atoms with Crippen LogP contribution in [-0.2, 0) is 6.42 Å². The first-order chi connectivity index (χ1) is 7.66. The molecule has 0 radical (unpaired) electrons. The Morgan fingerprint density at radius 3 is 2.69 bits per heavy atom. The van der Waals surface area contributed by atoms with Crippen LogP contribution in [0.4, 0.5) is 4.39 Å². The van der Waals surface area contributed by atoms with E-state index in [9.17, 15) is 4.39 Å². The first kappa shape index (κ1) is 10.8. The minimum Gasteiger partial charge on any atom is -0.328 e. The van der Waals surface area contributed by atoms with Gasteiger partial charge in [0.05, 0.1) is 17.6 Å². The lowest BCUT2D eigenvalue weighted by Crippen LogP contribution is -2.19. The average Bonchev–Trinajstić information content (AvgIpc) is 2.66. The predicted molar refractivity (Wildman–Crippen MR) is 58.7 cm³/mol. The SMILES string of the molecule is CC(N)Cc1cnnn1-c1ccc(F)cc1. The lowest BCUT2D eigenvalue weighted by atomic mass is 10.2. The van der Waals surface area contributed by atoms with E-state index >= 15 is 0 Å². The van der Waals surface area contributed by atoms with Crippen molar-refractivity contribution in [2.75, 3.05) is 0 Å². The van der Waals surface area contributed by atoms with Crippen molar-refractivity contribution in [3.8, 4) is 5.69 Å². The van der Waals surface area contributed by atoms with Gasteiger partial charge in [0.1, 0.15) is 5.82 Å². The van der Waals surface area contributed by atoms with Crippen LogP contribution in [0.15, 0.2) is 30.5 Å². The van der Waals surface area contributed by atoms with E-state index in [4.69, 9.17) is 5.73 Å². The summed E-state index contributed by atoms with van der Waals surface area (Å²) in [6.07, 6.45) is 2.36. The Kier molecular flexibility index (Phi) is 2.96. The maximum atomic E-state index is 12.8. The van der Waals surface area contributed by atoms with E-state index < -0.39 is 0 Å². The minimum atomic E-state index is -0.266. The van der Waals surface area contributed by atoms with E-state index in [0.29, 0.717) is 6.42 Å². The van der Waals surface area contributed by atoms with E-state index in [0.717, 1.165) is 11.4 Å². The summed E-state index contributed by atoms with van der Waals surface area (Å²) < 4.78 is 14.4. The Hall–Kier alpha value is -1.75. The molecular weight excluding hydrogens is 207 g/mol. The summed E-state index contributed by atoms with van der Waals surface area (Å²) in [5.41, 5.74) is 7.43. The van der Waals surface area contributed by atoms with E-state index in [2.05, 4.69) is 10.3 Å². The molecule has 1 aromatic heterocycles. The Morgan fingerprint density at radius 1 is 1.38 bits per heavy atom. The summed E-state index contributed by atoms with van der Waals surface area (Å²) in [6.45, 7) is 1.92. The topological polar surface area (TPSA) is 56.7 Å². The third-order valence-electron chi connectivity index (χ3n) is 2.22. The number of hydrogen-bond donors (Lipinski definition) is 1. The zero-order valence-corrected chi connectivity index (χ0v) is 8.97. The molecule has 0 saturated heterocycles. The average molecular weight is 220 g/mol. The maximum absolute atomic E-state index is 12.8. The summed E-state index contributed by atoms with van der Waals surface area (Å²) >= 11 is 0. The van der Waals surface area contributed by atoms with Gasteiger partial charge in [-0.25, -0.2) is 9.07 Å². The highest BCUT2D eigenvalue weighted by molar-refractivity contribution is 5.32. The third kappa shape index (κ3) is 2.25. The predicted octanol–water partition coefficient (Wildman–Crippen LogP) is 1.30. The Morgan fingerprint density at radius 2 is 2.06 bits per heavy atom. The number of nitrogens with zero attached hydrogens (tertiary/aromatic N) is 3. The summed E-state index contributed by atoms with van der Waals surface area (Å²) in [7, 11) is 0. The number of nitrogens with two attached hydrogens (primary N) is 1. The smallest absolute Gasteiger partial charge is 0.123 e. The van der Waals surface area contributed by atoms with Crippen molar-refractivity contribution in [1.29, 1.82) is 0 Å². The Balaban J connectivity index is 2.33. The minimum absolute atomic E-state index is 0.0395. The highest BCUT2D eigenvalue weighted by atomic mass is 19.1. The second-order valence-electron chi connectivity index (χ2n) is 3.79. The largest absolute Gasteiger partial charge is 0.328 e. The van der Waals surface area contributed by atoms with Gasteiger partial charge >= 0.3 is 0 Å². The van der Waals surface area contributed by atoms with Crippen LogP contribution in [0.2, 0.25) is 0 Å². The standard InChI is InChI=1S/C11H13FN4/c1-8(13)6-11-7-14-15-16(11)10-4-2-9(12)3-5-10/h2-5,7-8H,6,13H2,1H3. The lowest BCUT2D eigenvalue weighted by Gasteiger charge is -2.07. The zero-order valence-electron chi connectivity index (χ0n) is 8.97. The van der Waals surface area contributed by atoms with Crippen molar-refractivity contribution >= 4 is 0 Å². The fourth-order valence-electron chi connectivity index (χ4n) is 1.53. The quantitative estimate of drug-likeness (QED) is 0.848. The normalized spacial score (nSPS) is 12.7.